The molecule has 2 heteroatoms. The number of aromatic nitrogens is 1. The number of fused-ring (bicyclic) bond motifs is 1. The highest BCUT2D eigenvalue weighted by Gasteiger charge is 2.26. The Hall–Kier alpha value is -1.41. The van der Waals surface area contributed by atoms with Gasteiger partial charge in [-0.2, -0.15) is 0 Å². The Morgan fingerprint density at radius 1 is 1.26 bits per heavy atom. The van der Waals surface area contributed by atoms with Gasteiger partial charge in [-0.15, -0.1) is 0 Å². The molecule has 1 aromatic heterocycles. The lowest BCUT2D eigenvalue weighted by molar-refractivity contribution is 0.475. The highest BCUT2D eigenvalue weighted by atomic mass is 14.9. The molecule has 0 aliphatic heterocycles. The van der Waals surface area contributed by atoms with Crippen molar-refractivity contribution in [3.8, 4) is 0 Å². The number of nitrogens with zero attached hydrogens (tertiary/aromatic N) is 1. The minimum absolute atomic E-state index is 0.464. The van der Waals surface area contributed by atoms with Crippen LogP contribution in [0.2, 0.25) is 0 Å². The van der Waals surface area contributed by atoms with Gasteiger partial charge in [0.1, 0.15) is 0 Å². The average Bonchev–Trinajstić information content (AvgIpc) is 3.27. The molecule has 3 rings (SSSR count). The van der Waals surface area contributed by atoms with E-state index in [0.29, 0.717) is 6.04 Å². The lowest BCUT2D eigenvalue weighted by Gasteiger charge is -2.20. The van der Waals surface area contributed by atoms with Crippen LogP contribution >= 0.6 is 0 Å². The Kier molecular flexibility index (Phi) is 3.79. The molecule has 0 amide bonds. The summed E-state index contributed by atoms with van der Waals surface area (Å²) in [4.78, 5) is 4.43. The van der Waals surface area contributed by atoms with Gasteiger partial charge in [0, 0.05) is 23.8 Å². The van der Waals surface area contributed by atoms with Gasteiger partial charge in [-0.05, 0) is 36.3 Å². The lowest BCUT2D eigenvalue weighted by atomic mass is 9.97. The van der Waals surface area contributed by atoms with E-state index in [1.54, 1.807) is 0 Å². The molecule has 1 aliphatic carbocycles. The Bertz CT molecular complexity index is 540. The molecule has 1 N–H and O–H groups in total. The van der Waals surface area contributed by atoms with Crippen LogP contribution in [0.5, 0.6) is 0 Å². The summed E-state index contributed by atoms with van der Waals surface area (Å²) < 4.78 is 0. The number of pyridine rings is 1. The molecule has 0 spiro atoms. The van der Waals surface area contributed by atoms with Crippen LogP contribution in [0.4, 0.5) is 0 Å². The number of nitrogens with one attached hydrogen (secondary N) is 1. The first kappa shape index (κ1) is 12.6. The predicted molar refractivity (Wildman–Crippen MR) is 80.1 cm³/mol. The van der Waals surface area contributed by atoms with Crippen LogP contribution in [-0.2, 0) is 0 Å². The van der Waals surface area contributed by atoms with Crippen molar-refractivity contribution in [3.63, 3.8) is 0 Å². The van der Waals surface area contributed by atoms with Crippen molar-refractivity contribution in [1.82, 2.24) is 10.3 Å². The van der Waals surface area contributed by atoms with E-state index < -0.39 is 0 Å². The number of hydrogen-bond acceptors (Lipinski definition) is 2. The maximum atomic E-state index is 4.43. The van der Waals surface area contributed by atoms with E-state index in [1.807, 2.05) is 6.20 Å². The summed E-state index contributed by atoms with van der Waals surface area (Å²) in [6.07, 6.45) is 9.27. The van der Waals surface area contributed by atoms with Gasteiger partial charge in [-0.25, -0.2) is 0 Å². The van der Waals surface area contributed by atoms with Crippen LogP contribution in [0, 0.1) is 5.92 Å². The minimum atomic E-state index is 0.464. The van der Waals surface area contributed by atoms with E-state index in [-0.39, 0.29) is 0 Å². The molecule has 1 fully saturated rings. The number of rotatable bonds is 6. The molecule has 1 saturated carbocycles. The zero-order valence-corrected chi connectivity index (χ0v) is 11.6. The van der Waals surface area contributed by atoms with E-state index in [0.717, 1.165) is 12.5 Å². The standard InChI is InChI=1S/C17H22N2/c1-2-9-19-17(10-13-7-8-13)16-12-18-11-14-5-3-4-6-15(14)16/h3-6,11-13,17,19H,2,7-10H2,1H3. The SMILES string of the molecule is CCCNC(CC1CC1)c1cncc2ccccc12. The van der Waals surface area contributed by atoms with Gasteiger partial charge in [0.05, 0.1) is 0 Å². The second kappa shape index (κ2) is 5.70. The molecule has 1 aliphatic rings. The van der Waals surface area contributed by atoms with E-state index in [9.17, 15) is 0 Å². The molecule has 1 aromatic carbocycles. The summed E-state index contributed by atoms with van der Waals surface area (Å²) in [5.74, 6) is 0.924. The first-order valence-electron chi connectivity index (χ1n) is 7.44. The van der Waals surface area contributed by atoms with Crippen LogP contribution in [-0.4, -0.2) is 11.5 Å². The smallest absolute Gasteiger partial charge is 0.0346 e. The van der Waals surface area contributed by atoms with Crippen molar-refractivity contribution in [1.29, 1.82) is 0 Å². The summed E-state index contributed by atoms with van der Waals surface area (Å²) in [7, 11) is 0. The van der Waals surface area contributed by atoms with Crippen molar-refractivity contribution in [2.45, 2.75) is 38.6 Å². The van der Waals surface area contributed by atoms with Crippen molar-refractivity contribution in [3.05, 3.63) is 42.2 Å². The van der Waals surface area contributed by atoms with E-state index in [4.69, 9.17) is 0 Å². The summed E-state index contributed by atoms with van der Waals surface area (Å²) in [5, 5.41) is 6.31. The zero-order chi connectivity index (χ0) is 13.1. The quantitative estimate of drug-likeness (QED) is 0.840. The maximum Gasteiger partial charge on any atom is 0.0346 e. The first-order chi connectivity index (χ1) is 9.38. The molecule has 100 valence electrons. The fourth-order valence-corrected chi connectivity index (χ4v) is 2.74. The van der Waals surface area contributed by atoms with Gasteiger partial charge in [-0.3, -0.25) is 4.98 Å². The summed E-state index contributed by atoms with van der Waals surface area (Å²) in [6, 6.07) is 9.05. The number of hydrogen-bond donors (Lipinski definition) is 1. The van der Waals surface area contributed by atoms with E-state index in [2.05, 4.69) is 47.7 Å². The topological polar surface area (TPSA) is 24.9 Å². The third kappa shape index (κ3) is 2.95. The molecule has 0 bridgehead atoms. The highest BCUT2D eigenvalue weighted by molar-refractivity contribution is 5.85. The normalized spacial score (nSPS) is 16.7. The molecule has 0 saturated heterocycles. The van der Waals surface area contributed by atoms with Crippen LogP contribution in [0.25, 0.3) is 10.8 Å². The second-order valence-electron chi connectivity index (χ2n) is 5.64. The summed E-state index contributed by atoms with van der Waals surface area (Å²) >= 11 is 0. The van der Waals surface area contributed by atoms with Gasteiger partial charge in [0.2, 0.25) is 0 Å². The second-order valence-corrected chi connectivity index (χ2v) is 5.64. The molecular formula is C17H22N2. The molecule has 0 radical (unpaired) electrons. The third-order valence-corrected chi connectivity index (χ3v) is 3.98. The Morgan fingerprint density at radius 2 is 2.11 bits per heavy atom. The maximum absolute atomic E-state index is 4.43. The predicted octanol–water partition coefficient (Wildman–Crippen LogP) is 4.08. The molecule has 2 nitrogen and oxygen atoms in total. The first-order valence-corrected chi connectivity index (χ1v) is 7.44. The Balaban J connectivity index is 1.93. The van der Waals surface area contributed by atoms with Crippen LogP contribution in [0.15, 0.2) is 36.7 Å². The van der Waals surface area contributed by atoms with E-state index >= 15 is 0 Å². The Morgan fingerprint density at radius 3 is 2.89 bits per heavy atom. The fraction of sp³-hybridized carbons (Fsp3) is 0.471. The molecule has 19 heavy (non-hydrogen) atoms. The molecule has 2 aromatic rings. The molecule has 1 unspecified atom stereocenters. The zero-order valence-electron chi connectivity index (χ0n) is 11.6. The van der Waals surface area contributed by atoms with Crippen molar-refractivity contribution >= 4 is 10.8 Å². The summed E-state index contributed by atoms with van der Waals surface area (Å²) in [5.41, 5.74) is 1.37. The Labute approximate surface area is 115 Å². The third-order valence-electron chi connectivity index (χ3n) is 3.98. The van der Waals surface area contributed by atoms with Crippen molar-refractivity contribution in [2.75, 3.05) is 6.54 Å². The van der Waals surface area contributed by atoms with Crippen molar-refractivity contribution < 1.29 is 0 Å². The molecule has 1 heterocycles. The van der Waals surface area contributed by atoms with E-state index in [1.165, 1.54) is 42.0 Å². The highest BCUT2D eigenvalue weighted by Crippen LogP contribution is 2.38. The van der Waals surface area contributed by atoms with Gasteiger partial charge in [-0.1, -0.05) is 44.0 Å². The van der Waals surface area contributed by atoms with Crippen molar-refractivity contribution in [2.24, 2.45) is 5.92 Å². The van der Waals surface area contributed by atoms with Crippen LogP contribution in [0.1, 0.15) is 44.2 Å². The minimum Gasteiger partial charge on any atom is -0.310 e. The fourth-order valence-electron chi connectivity index (χ4n) is 2.74. The van der Waals surface area contributed by atoms with Gasteiger partial charge < -0.3 is 5.32 Å². The van der Waals surface area contributed by atoms with Gasteiger partial charge >= 0.3 is 0 Å². The summed E-state index contributed by atoms with van der Waals surface area (Å²) in [6.45, 7) is 3.31. The van der Waals surface area contributed by atoms with Gasteiger partial charge in [0.15, 0.2) is 0 Å². The van der Waals surface area contributed by atoms with Crippen LogP contribution in [0.3, 0.4) is 0 Å². The van der Waals surface area contributed by atoms with Crippen LogP contribution < -0.4 is 5.32 Å². The average molecular weight is 254 g/mol. The lowest BCUT2D eigenvalue weighted by Crippen LogP contribution is -2.23. The molecule has 1 atom stereocenters. The van der Waals surface area contributed by atoms with Gasteiger partial charge in [0.25, 0.3) is 0 Å². The molecular weight excluding hydrogens is 232 g/mol. The number of benzene rings is 1. The monoisotopic (exact) mass is 254 g/mol. The largest absolute Gasteiger partial charge is 0.310 e.